The monoisotopic (exact) mass is 345 g/mol. The summed E-state index contributed by atoms with van der Waals surface area (Å²) in [6.45, 7) is 4.87. The molecular weight excluding hydrogens is 322 g/mol. The van der Waals surface area contributed by atoms with Crippen LogP contribution in [0, 0.1) is 0 Å². The van der Waals surface area contributed by atoms with Crippen molar-refractivity contribution in [3.8, 4) is 0 Å². The number of benzene rings is 1. The first-order valence-corrected chi connectivity index (χ1v) is 9.72. The maximum Gasteiger partial charge on any atom is 0.243 e. The van der Waals surface area contributed by atoms with E-state index in [1.807, 2.05) is 18.2 Å². The van der Waals surface area contributed by atoms with Gasteiger partial charge in [-0.2, -0.15) is 4.31 Å². The maximum absolute atomic E-state index is 12.8. The molecule has 1 aromatic heterocycles. The Labute approximate surface area is 144 Å². The summed E-state index contributed by atoms with van der Waals surface area (Å²) in [5.74, 6) is 0. The highest BCUT2D eigenvalue weighted by Crippen LogP contribution is 2.23. The van der Waals surface area contributed by atoms with Crippen molar-refractivity contribution in [2.45, 2.75) is 24.3 Å². The Balaban J connectivity index is 1.71. The van der Waals surface area contributed by atoms with E-state index in [0.29, 0.717) is 18.0 Å². The molecule has 24 heavy (non-hydrogen) atoms. The van der Waals surface area contributed by atoms with E-state index in [1.165, 1.54) is 5.56 Å². The van der Waals surface area contributed by atoms with Gasteiger partial charge in [-0.1, -0.05) is 18.2 Å². The van der Waals surface area contributed by atoms with Gasteiger partial charge in [0.15, 0.2) is 0 Å². The molecule has 0 bridgehead atoms. The molecule has 1 aromatic carbocycles. The molecule has 0 spiro atoms. The van der Waals surface area contributed by atoms with Gasteiger partial charge >= 0.3 is 0 Å². The normalized spacial score (nSPS) is 18.9. The number of pyridine rings is 1. The second-order valence-electron chi connectivity index (χ2n) is 6.06. The Hall–Kier alpha value is -1.76. The number of rotatable bonds is 4. The van der Waals surface area contributed by atoms with Crippen LogP contribution in [0.2, 0.25) is 0 Å². The molecule has 128 valence electrons. The van der Waals surface area contributed by atoms with E-state index in [9.17, 15) is 8.42 Å². The van der Waals surface area contributed by atoms with Crippen LogP contribution in [-0.4, -0.2) is 48.8 Å². The smallest absolute Gasteiger partial charge is 0.243 e. The second kappa shape index (κ2) is 7.42. The number of nitrogens with zero attached hydrogens (tertiary/aromatic N) is 3. The molecule has 0 N–H and O–H groups in total. The Morgan fingerprint density at radius 3 is 2.38 bits per heavy atom. The third kappa shape index (κ3) is 3.66. The number of hydrogen-bond acceptors (Lipinski definition) is 4. The molecule has 1 fully saturated rings. The molecule has 3 rings (SSSR count). The van der Waals surface area contributed by atoms with E-state index in [1.54, 1.807) is 41.0 Å². The lowest BCUT2D eigenvalue weighted by Crippen LogP contribution is -2.35. The summed E-state index contributed by atoms with van der Waals surface area (Å²) in [7, 11) is -3.40. The van der Waals surface area contributed by atoms with E-state index in [2.05, 4.69) is 16.8 Å². The summed E-state index contributed by atoms with van der Waals surface area (Å²) in [4.78, 5) is 6.78. The van der Waals surface area contributed by atoms with Crippen LogP contribution >= 0.6 is 0 Å². The van der Waals surface area contributed by atoms with Crippen LogP contribution in [0.1, 0.15) is 24.9 Å². The van der Waals surface area contributed by atoms with Crippen LogP contribution in [-0.2, 0) is 10.0 Å². The Kier molecular flexibility index (Phi) is 5.28. The molecule has 0 aliphatic carbocycles. The number of aromatic nitrogens is 1. The van der Waals surface area contributed by atoms with Gasteiger partial charge in [0.05, 0.1) is 4.90 Å². The van der Waals surface area contributed by atoms with Gasteiger partial charge in [-0.25, -0.2) is 8.42 Å². The molecule has 1 saturated heterocycles. The first-order valence-electron chi connectivity index (χ1n) is 8.28. The Bertz CT molecular complexity index is 750. The third-order valence-corrected chi connectivity index (χ3v) is 6.52. The fourth-order valence-electron chi connectivity index (χ4n) is 3.14. The Morgan fingerprint density at radius 2 is 1.67 bits per heavy atom. The highest BCUT2D eigenvalue weighted by molar-refractivity contribution is 7.89. The molecule has 1 atom stereocenters. The summed E-state index contributed by atoms with van der Waals surface area (Å²) >= 11 is 0. The molecule has 1 aliphatic rings. The quantitative estimate of drug-likeness (QED) is 0.854. The van der Waals surface area contributed by atoms with Crippen molar-refractivity contribution in [2.75, 3.05) is 26.2 Å². The van der Waals surface area contributed by atoms with Gasteiger partial charge in [0.1, 0.15) is 0 Å². The van der Waals surface area contributed by atoms with Crippen molar-refractivity contribution < 1.29 is 8.42 Å². The summed E-state index contributed by atoms with van der Waals surface area (Å²) in [6, 6.07) is 13.0. The van der Waals surface area contributed by atoms with Gasteiger partial charge in [-0.05, 0) is 43.2 Å². The molecule has 0 unspecified atom stereocenters. The van der Waals surface area contributed by atoms with Gasteiger partial charge in [0.2, 0.25) is 10.0 Å². The van der Waals surface area contributed by atoms with Gasteiger partial charge in [0, 0.05) is 44.6 Å². The standard InChI is InChI=1S/C18H23N3O2S/c1-16(17-8-10-19-11-9-17)20-12-5-13-21(15-14-20)24(22,23)18-6-3-2-4-7-18/h2-4,6-11,16H,5,12-15H2,1H3/t16-/m1/s1. The first kappa shape index (κ1) is 17.1. The largest absolute Gasteiger partial charge is 0.295 e. The third-order valence-electron chi connectivity index (χ3n) is 4.61. The minimum absolute atomic E-state index is 0.257. The van der Waals surface area contributed by atoms with Crippen LogP contribution in [0.25, 0.3) is 0 Å². The maximum atomic E-state index is 12.8. The SMILES string of the molecule is C[C@H](c1ccncc1)N1CCCN(S(=O)(=O)c2ccccc2)CC1. The van der Waals surface area contributed by atoms with E-state index < -0.39 is 10.0 Å². The molecular formula is C18H23N3O2S. The van der Waals surface area contributed by atoms with Gasteiger partial charge in [-0.15, -0.1) is 0 Å². The lowest BCUT2D eigenvalue weighted by atomic mass is 10.1. The van der Waals surface area contributed by atoms with Crippen molar-refractivity contribution in [3.05, 3.63) is 60.4 Å². The van der Waals surface area contributed by atoms with Crippen molar-refractivity contribution in [1.82, 2.24) is 14.2 Å². The first-order chi connectivity index (χ1) is 11.6. The minimum atomic E-state index is -3.40. The summed E-state index contributed by atoms with van der Waals surface area (Å²) in [6.07, 6.45) is 4.44. The van der Waals surface area contributed by atoms with Crippen LogP contribution in [0.15, 0.2) is 59.8 Å². The van der Waals surface area contributed by atoms with E-state index in [4.69, 9.17) is 0 Å². The average molecular weight is 345 g/mol. The van der Waals surface area contributed by atoms with E-state index >= 15 is 0 Å². The summed E-state index contributed by atoms with van der Waals surface area (Å²) in [5, 5.41) is 0. The lowest BCUT2D eigenvalue weighted by Gasteiger charge is -2.28. The highest BCUT2D eigenvalue weighted by atomic mass is 32.2. The van der Waals surface area contributed by atoms with Gasteiger partial charge in [-0.3, -0.25) is 9.88 Å². The predicted octanol–water partition coefficient (Wildman–Crippen LogP) is 2.54. The minimum Gasteiger partial charge on any atom is -0.295 e. The molecule has 1 aliphatic heterocycles. The fraction of sp³-hybridized carbons (Fsp3) is 0.389. The van der Waals surface area contributed by atoms with E-state index in [0.717, 1.165) is 19.5 Å². The second-order valence-corrected chi connectivity index (χ2v) is 8.00. The van der Waals surface area contributed by atoms with Gasteiger partial charge in [0.25, 0.3) is 0 Å². The zero-order chi connectivity index (χ0) is 17.0. The molecule has 2 heterocycles. The molecule has 2 aromatic rings. The molecule has 0 saturated carbocycles. The Morgan fingerprint density at radius 1 is 0.958 bits per heavy atom. The van der Waals surface area contributed by atoms with Crippen molar-refractivity contribution in [3.63, 3.8) is 0 Å². The van der Waals surface area contributed by atoms with Gasteiger partial charge < -0.3 is 0 Å². The van der Waals surface area contributed by atoms with E-state index in [-0.39, 0.29) is 6.04 Å². The summed E-state index contributed by atoms with van der Waals surface area (Å²) in [5.41, 5.74) is 1.21. The van der Waals surface area contributed by atoms with Crippen molar-refractivity contribution >= 4 is 10.0 Å². The van der Waals surface area contributed by atoms with Crippen LogP contribution < -0.4 is 0 Å². The zero-order valence-electron chi connectivity index (χ0n) is 13.9. The number of hydrogen-bond donors (Lipinski definition) is 0. The van der Waals surface area contributed by atoms with Crippen molar-refractivity contribution in [2.24, 2.45) is 0 Å². The van der Waals surface area contributed by atoms with Crippen molar-refractivity contribution in [1.29, 1.82) is 0 Å². The summed E-state index contributed by atoms with van der Waals surface area (Å²) < 4.78 is 27.2. The zero-order valence-corrected chi connectivity index (χ0v) is 14.7. The molecule has 6 heteroatoms. The van der Waals surface area contributed by atoms with Crippen LogP contribution in [0.3, 0.4) is 0 Å². The average Bonchev–Trinajstić information content (AvgIpc) is 2.89. The highest BCUT2D eigenvalue weighted by Gasteiger charge is 2.28. The molecule has 0 radical (unpaired) electrons. The fourth-order valence-corrected chi connectivity index (χ4v) is 4.63. The molecule has 5 nitrogen and oxygen atoms in total. The van der Waals surface area contributed by atoms with Crippen LogP contribution in [0.4, 0.5) is 0 Å². The van der Waals surface area contributed by atoms with Crippen LogP contribution in [0.5, 0.6) is 0 Å². The predicted molar refractivity (Wildman–Crippen MR) is 94.0 cm³/mol. The number of sulfonamides is 1. The lowest BCUT2D eigenvalue weighted by molar-refractivity contribution is 0.221. The molecule has 0 amide bonds. The topological polar surface area (TPSA) is 53.5 Å².